The Kier molecular flexibility index (Phi) is 7.84. The van der Waals surface area contributed by atoms with Crippen molar-refractivity contribution in [3.63, 3.8) is 0 Å². The highest BCUT2D eigenvalue weighted by atomic mass is 32.1. The van der Waals surface area contributed by atoms with Crippen LogP contribution in [0.3, 0.4) is 0 Å². The number of aliphatic imine (C=N–C) groups is 1. The first-order valence-electron chi connectivity index (χ1n) is 10.2. The fourth-order valence-electron chi connectivity index (χ4n) is 3.00. The minimum absolute atomic E-state index is 0.486. The Bertz CT molecular complexity index is 946. The minimum atomic E-state index is 0.486. The molecule has 0 amide bonds. The zero-order valence-corrected chi connectivity index (χ0v) is 19.0. The van der Waals surface area contributed by atoms with Crippen LogP contribution in [0.2, 0.25) is 0 Å². The molecule has 1 aromatic carbocycles. The van der Waals surface area contributed by atoms with Crippen LogP contribution in [0, 0.1) is 13.8 Å². The Hall–Kier alpha value is -2.87. The van der Waals surface area contributed by atoms with Crippen molar-refractivity contribution in [3.8, 4) is 0 Å². The summed E-state index contributed by atoms with van der Waals surface area (Å²) in [5, 5.41) is 15.2. The highest BCUT2D eigenvalue weighted by molar-refractivity contribution is 7.11. The van der Waals surface area contributed by atoms with E-state index in [0.717, 1.165) is 43.7 Å². The lowest BCUT2D eigenvalue weighted by Crippen LogP contribution is -2.38. The second-order valence-corrected chi connectivity index (χ2v) is 8.66. The number of aromatic nitrogens is 3. The summed E-state index contributed by atoms with van der Waals surface area (Å²) in [4.78, 5) is 9.60. The highest BCUT2D eigenvalue weighted by Crippen LogP contribution is 2.14. The van der Waals surface area contributed by atoms with E-state index in [0.29, 0.717) is 6.54 Å². The highest BCUT2D eigenvalue weighted by Gasteiger charge is 2.06. The summed E-state index contributed by atoms with van der Waals surface area (Å²) in [6.07, 6.45) is 1.01. The molecular weight excluding hydrogens is 394 g/mol. The van der Waals surface area contributed by atoms with Gasteiger partial charge in [-0.3, -0.25) is 0 Å². The van der Waals surface area contributed by atoms with E-state index < -0.39 is 0 Å². The zero-order chi connectivity index (χ0) is 21.3. The van der Waals surface area contributed by atoms with Crippen LogP contribution in [0.25, 0.3) is 0 Å². The van der Waals surface area contributed by atoms with Gasteiger partial charge in [-0.2, -0.15) is 0 Å². The van der Waals surface area contributed by atoms with Gasteiger partial charge in [-0.1, -0.05) is 18.2 Å². The van der Waals surface area contributed by atoms with E-state index in [4.69, 9.17) is 4.99 Å². The molecule has 0 spiro atoms. The average Bonchev–Trinajstić information content (AvgIpc) is 3.32. The Morgan fingerprint density at radius 3 is 2.57 bits per heavy atom. The normalized spacial score (nSPS) is 11.5. The summed E-state index contributed by atoms with van der Waals surface area (Å²) in [5.74, 6) is 2.54. The van der Waals surface area contributed by atoms with E-state index in [1.807, 2.05) is 24.6 Å². The molecular formula is C22H31N7S. The summed E-state index contributed by atoms with van der Waals surface area (Å²) in [6.45, 7) is 7.12. The Morgan fingerprint density at radius 1 is 1.10 bits per heavy atom. The lowest BCUT2D eigenvalue weighted by molar-refractivity contribution is 0.718. The van der Waals surface area contributed by atoms with Gasteiger partial charge >= 0.3 is 0 Å². The maximum absolute atomic E-state index is 4.73. The second kappa shape index (κ2) is 10.8. The van der Waals surface area contributed by atoms with Crippen LogP contribution in [0.5, 0.6) is 0 Å². The molecule has 3 rings (SSSR count). The lowest BCUT2D eigenvalue weighted by atomic mass is 10.3. The molecule has 8 heteroatoms. The number of para-hydroxylation sites is 1. The average molecular weight is 426 g/mol. The number of thiophene rings is 1. The largest absolute Gasteiger partial charge is 0.375 e. The molecule has 3 aromatic rings. The standard InChI is InChI=1S/C22H31N7S/c1-17-11-12-20(30-17)15-24-22(25-16-21-27-26-18(2)29(21)4)23-13-8-14-28(3)19-9-6-5-7-10-19/h5-7,9-12H,8,13-16H2,1-4H3,(H2,23,24,25). The van der Waals surface area contributed by atoms with Crippen molar-refractivity contribution in [1.29, 1.82) is 0 Å². The maximum Gasteiger partial charge on any atom is 0.192 e. The van der Waals surface area contributed by atoms with Crippen molar-refractivity contribution in [2.24, 2.45) is 12.0 Å². The Balaban J connectivity index is 1.54. The van der Waals surface area contributed by atoms with Crippen LogP contribution in [0.15, 0.2) is 47.5 Å². The summed E-state index contributed by atoms with van der Waals surface area (Å²) in [6, 6.07) is 14.8. The smallest absolute Gasteiger partial charge is 0.192 e. The molecule has 0 aliphatic heterocycles. The van der Waals surface area contributed by atoms with Crippen molar-refractivity contribution in [2.75, 3.05) is 25.0 Å². The molecule has 0 aliphatic rings. The number of hydrogen-bond acceptors (Lipinski definition) is 5. The van der Waals surface area contributed by atoms with Crippen molar-refractivity contribution in [2.45, 2.75) is 33.4 Å². The van der Waals surface area contributed by atoms with E-state index in [1.54, 1.807) is 11.3 Å². The van der Waals surface area contributed by atoms with Crippen molar-refractivity contribution in [1.82, 2.24) is 25.4 Å². The number of aryl methyl sites for hydroxylation is 2. The number of benzene rings is 1. The number of rotatable bonds is 9. The molecule has 0 atom stereocenters. The van der Waals surface area contributed by atoms with E-state index in [9.17, 15) is 0 Å². The number of anilines is 1. The summed E-state index contributed by atoms with van der Waals surface area (Å²) in [7, 11) is 4.09. The fourth-order valence-corrected chi connectivity index (χ4v) is 3.83. The summed E-state index contributed by atoms with van der Waals surface area (Å²) >= 11 is 1.80. The minimum Gasteiger partial charge on any atom is -0.375 e. The first kappa shape index (κ1) is 21.8. The van der Waals surface area contributed by atoms with Gasteiger partial charge in [-0.05, 0) is 44.5 Å². The second-order valence-electron chi connectivity index (χ2n) is 7.29. The molecule has 0 bridgehead atoms. The van der Waals surface area contributed by atoms with Gasteiger partial charge < -0.3 is 20.1 Å². The summed E-state index contributed by atoms with van der Waals surface area (Å²) < 4.78 is 1.97. The first-order chi connectivity index (χ1) is 14.5. The SMILES string of the molecule is Cc1ccc(CNC(=NCc2nnc(C)n2C)NCCCN(C)c2ccccc2)s1. The Labute approximate surface area is 182 Å². The number of guanidine groups is 1. The molecule has 0 aliphatic carbocycles. The van der Waals surface area contributed by atoms with Crippen LogP contribution < -0.4 is 15.5 Å². The van der Waals surface area contributed by atoms with E-state index >= 15 is 0 Å². The zero-order valence-electron chi connectivity index (χ0n) is 18.2. The molecule has 2 N–H and O–H groups in total. The van der Waals surface area contributed by atoms with E-state index in [1.165, 1.54) is 15.4 Å². The number of nitrogens with one attached hydrogen (secondary N) is 2. The van der Waals surface area contributed by atoms with Gasteiger partial charge in [-0.25, -0.2) is 4.99 Å². The molecule has 0 unspecified atom stereocenters. The summed E-state index contributed by atoms with van der Waals surface area (Å²) in [5.41, 5.74) is 1.23. The van der Waals surface area contributed by atoms with Crippen molar-refractivity contribution >= 4 is 23.0 Å². The van der Waals surface area contributed by atoms with Gasteiger partial charge in [0.2, 0.25) is 0 Å². The van der Waals surface area contributed by atoms with Gasteiger partial charge in [0.15, 0.2) is 11.8 Å². The van der Waals surface area contributed by atoms with Crippen LogP contribution in [0.4, 0.5) is 5.69 Å². The monoisotopic (exact) mass is 425 g/mol. The third-order valence-corrected chi connectivity index (χ3v) is 5.95. The molecule has 0 saturated carbocycles. The first-order valence-corrected chi connectivity index (χ1v) is 11.0. The molecule has 2 aromatic heterocycles. The molecule has 0 fully saturated rings. The van der Waals surface area contributed by atoms with Gasteiger partial charge in [0, 0.05) is 42.6 Å². The fraction of sp³-hybridized carbons (Fsp3) is 0.409. The lowest BCUT2D eigenvalue weighted by Gasteiger charge is -2.19. The Morgan fingerprint density at radius 2 is 1.90 bits per heavy atom. The van der Waals surface area contributed by atoms with E-state index in [-0.39, 0.29) is 0 Å². The molecule has 0 saturated heterocycles. The number of hydrogen-bond donors (Lipinski definition) is 2. The van der Waals surface area contributed by atoms with Gasteiger partial charge in [0.1, 0.15) is 12.4 Å². The predicted molar refractivity (Wildman–Crippen MR) is 125 cm³/mol. The maximum atomic E-state index is 4.73. The third kappa shape index (κ3) is 6.32. The van der Waals surface area contributed by atoms with Crippen LogP contribution in [0.1, 0.15) is 27.8 Å². The van der Waals surface area contributed by atoms with Gasteiger partial charge in [0.05, 0.1) is 6.54 Å². The number of nitrogens with zero attached hydrogens (tertiary/aromatic N) is 5. The molecule has 2 heterocycles. The molecule has 160 valence electrons. The van der Waals surface area contributed by atoms with Crippen LogP contribution >= 0.6 is 11.3 Å². The topological polar surface area (TPSA) is 70.4 Å². The quantitative estimate of drug-likeness (QED) is 0.313. The van der Waals surface area contributed by atoms with Gasteiger partial charge in [0.25, 0.3) is 0 Å². The third-order valence-electron chi connectivity index (χ3n) is 4.95. The molecule has 0 radical (unpaired) electrons. The molecule has 7 nitrogen and oxygen atoms in total. The van der Waals surface area contributed by atoms with Crippen LogP contribution in [-0.4, -0.2) is 40.9 Å². The van der Waals surface area contributed by atoms with Crippen molar-refractivity contribution < 1.29 is 0 Å². The molecule has 30 heavy (non-hydrogen) atoms. The van der Waals surface area contributed by atoms with Gasteiger partial charge in [-0.15, -0.1) is 21.5 Å². The van der Waals surface area contributed by atoms with Crippen LogP contribution in [-0.2, 0) is 20.1 Å². The predicted octanol–water partition coefficient (Wildman–Crippen LogP) is 3.26. The van der Waals surface area contributed by atoms with Crippen molar-refractivity contribution in [3.05, 3.63) is 63.9 Å². The van der Waals surface area contributed by atoms with E-state index in [2.05, 4.69) is 76.1 Å².